The number of thioether (sulfide) groups is 1. The molecule has 0 atom stereocenters. The number of furan rings is 1. The maximum absolute atomic E-state index is 10.7. The van der Waals surface area contributed by atoms with Crippen LogP contribution in [0.4, 0.5) is 5.82 Å². The topological polar surface area (TPSA) is 102 Å². The van der Waals surface area contributed by atoms with E-state index in [2.05, 4.69) is 9.97 Å². The van der Waals surface area contributed by atoms with Crippen LogP contribution in [0.1, 0.15) is 16.4 Å². The Kier molecular flexibility index (Phi) is 3.49. The molecule has 1 aromatic carbocycles. The van der Waals surface area contributed by atoms with E-state index in [1.165, 1.54) is 17.8 Å². The van der Waals surface area contributed by atoms with Gasteiger partial charge in [-0.05, 0) is 24.3 Å². The van der Waals surface area contributed by atoms with E-state index in [9.17, 15) is 4.79 Å². The summed E-state index contributed by atoms with van der Waals surface area (Å²) in [4.78, 5) is 19.4. The highest BCUT2D eigenvalue weighted by atomic mass is 32.2. The van der Waals surface area contributed by atoms with Gasteiger partial charge in [0, 0.05) is 5.39 Å². The number of anilines is 1. The predicted octanol–water partition coefficient (Wildman–Crippen LogP) is 2.80. The molecule has 0 amide bonds. The molecule has 0 saturated carbocycles. The molecular formula is C14H11N3O3S. The second-order valence-electron chi connectivity index (χ2n) is 4.25. The lowest BCUT2D eigenvalue weighted by Crippen LogP contribution is -1.99. The summed E-state index contributed by atoms with van der Waals surface area (Å²) in [7, 11) is 0. The maximum Gasteiger partial charge on any atom is 0.371 e. The minimum atomic E-state index is -1.09. The van der Waals surface area contributed by atoms with E-state index in [0.29, 0.717) is 22.5 Å². The average Bonchev–Trinajstić information content (AvgIpc) is 2.94. The molecule has 0 saturated heterocycles. The Morgan fingerprint density at radius 3 is 2.81 bits per heavy atom. The van der Waals surface area contributed by atoms with E-state index in [1.54, 1.807) is 6.07 Å². The average molecular weight is 301 g/mol. The van der Waals surface area contributed by atoms with Crippen molar-refractivity contribution in [2.24, 2.45) is 0 Å². The molecule has 7 heteroatoms. The number of carbonyl (C=O) groups is 1. The summed E-state index contributed by atoms with van der Waals surface area (Å²) in [6, 6.07) is 10.5. The first kappa shape index (κ1) is 13.4. The molecule has 3 aromatic rings. The highest BCUT2D eigenvalue weighted by Gasteiger charge is 2.11. The van der Waals surface area contributed by atoms with Gasteiger partial charge in [-0.15, -0.1) is 0 Å². The van der Waals surface area contributed by atoms with E-state index in [0.717, 1.165) is 10.9 Å². The third-order valence-corrected chi connectivity index (χ3v) is 3.72. The van der Waals surface area contributed by atoms with E-state index < -0.39 is 5.97 Å². The van der Waals surface area contributed by atoms with Gasteiger partial charge < -0.3 is 15.3 Å². The molecule has 3 rings (SSSR count). The van der Waals surface area contributed by atoms with Crippen LogP contribution in [0.25, 0.3) is 10.9 Å². The fraction of sp³-hybridized carbons (Fsp3) is 0.0714. The van der Waals surface area contributed by atoms with E-state index in [-0.39, 0.29) is 5.76 Å². The minimum Gasteiger partial charge on any atom is -0.475 e. The van der Waals surface area contributed by atoms with Crippen LogP contribution >= 0.6 is 11.8 Å². The number of carboxylic acid groups (broad SMARTS) is 1. The van der Waals surface area contributed by atoms with Crippen molar-refractivity contribution in [3.8, 4) is 0 Å². The largest absolute Gasteiger partial charge is 0.475 e. The van der Waals surface area contributed by atoms with Crippen molar-refractivity contribution < 1.29 is 14.3 Å². The lowest BCUT2D eigenvalue weighted by Gasteiger charge is -2.04. The number of nitrogen functional groups attached to an aromatic ring is 1. The molecule has 3 N–H and O–H groups in total. The normalized spacial score (nSPS) is 10.9. The summed E-state index contributed by atoms with van der Waals surface area (Å²) in [5.41, 5.74) is 6.69. The number of carboxylic acids is 1. The minimum absolute atomic E-state index is 0.0866. The van der Waals surface area contributed by atoms with Gasteiger partial charge in [-0.2, -0.15) is 0 Å². The number of nitrogens with zero attached hydrogens (tertiary/aromatic N) is 2. The van der Waals surface area contributed by atoms with Crippen LogP contribution in [0.2, 0.25) is 0 Å². The van der Waals surface area contributed by atoms with Crippen molar-refractivity contribution in [1.29, 1.82) is 0 Å². The molecule has 21 heavy (non-hydrogen) atoms. The Labute approximate surface area is 124 Å². The van der Waals surface area contributed by atoms with Gasteiger partial charge in [0.2, 0.25) is 5.76 Å². The van der Waals surface area contributed by atoms with Crippen molar-refractivity contribution >= 4 is 34.5 Å². The van der Waals surface area contributed by atoms with Crippen molar-refractivity contribution in [3.05, 3.63) is 48.0 Å². The number of hydrogen-bond donors (Lipinski definition) is 2. The summed E-state index contributed by atoms with van der Waals surface area (Å²) in [5.74, 6) is 0.276. The van der Waals surface area contributed by atoms with Gasteiger partial charge in [-0.3, -0.25) is 0 Å². The Bertz CT molecular complexity index is 816. The second-order valence-corrected chi connectivity index (χ2v) is 5.23. The van der Waals surface area contributed by atoms with Gasteiger partial charge in [0.05, 0.1) is 11.3 Å². The fourth-order valence-electron chi connectivity index (χ4n) is 1.86. The van der Waals surface area contributed by atoms with E-state index in [1.807, 2.05) is 24.3 Å². The molecule has 0 fully saturated rings. The molecular weight excluding hydrogens is 290 g/mol. The summed E-state index contributed by atoms with van der Waals surface area (Å²) in [5, 5.41) is 10.1. The molecule has 0 aliphatic heterocycles. The first-order chi connectivity index (χ1) is 10.1. The second kappa shape index (κ2) is 5.45. The van der Waals surface area contributed by atoms with Crippen LogP contribution in [0.15, 0.2) is 45.9 Å². The molecule has 6 nitrogen and oxygen atoms in total. The first-order valence-electron chi connectivity index (χ1n) is 6.10. The zero-order chi connectivity index (χ0) is 14.8. The molecule has 0 aliphatic carbocycles. The van der Waals surface area contributed by atoms with Gasteiger partial charge >= 0.3 is 5.97 Å². The monoisotopic (exact) mass is 301 g/mol. The Hall–Kier alpha value is -2.54. The number of fused-ring (bicyclic) bond motifs is 1. The highest BCUT2D eigenvalue weighted by molar-refractivity contribution is 7.98. The van der Waals surface area contributed by atoms with E-state index in [4.69, 9.17) is 15.3 Å². The lowest BCUT2D eigenvalue weighted by atomic mass is 10.2. The van der Waals surface area contributed by atoms with Crippen molar-refractivity contribution in [1.82, 2.24) is 9.97 Å². The summed E-state index contributed by atoms with van der Waals surface area (Å²) in [6.45, 7) is 0. The first-order valence-corrected chi connectivity index (χ1v) is 7.09. The predicted molar refractivity (Wildman–Crippen MR) is 79.2 cm³/mol. The summed E-state index contributed by atoms with van der Waals surface area (Å²) in [6.07, 6.45) is 0. The quantitative estimate of drug-likeness (QED) is 0.714. The zero-order valence-corrected chi connectivity index (χ0v) is 11.6. The van der Waals surface area contributed by atoms with Gasteiger partial charge in [0.15, 0.2) is 5.09 Å². The van der Waals surface area contributed by atoms with Crippen LogP contribution in [0.3, 0.4) is 0 Å². The zero-order valence-electron chi connectivity index (χ0n) is 10.8. The summed E-state index contributed by atoms with van der Waals surface area (Å²) < 4.78 is 5.16. The molecule has 0 radical (unpaired) electrons. The Morgan fingerprint density at radius 1 is 1.24 bits per heavy atom. The SMILES string of the molecule is Nc1nc(CSc2ccc(C(=O)O)o2)nc2ccccc12. The van der Waals surface area contributed by atoms with Crippen LogP contribution in [0.5, 0.6) is 0 Å². The molecule has 0 bridgehead atoms. The van der Waals surface area contributed by atoms with E-state index >= 15 is 0 Å². The number of aromatic nitrogens is 2. The number of nitrogens with two attached hydrogens (primary N) is 1. The Balaban J connectivity index is 1.80. The molecule has 106 valence electrons. The van der Waals surface area contributed by atoms with Gasteiger partial charge in [0.1, 0.15) is 11.6 Å². The Morgan fingerprint density at radius 2 is 2.05 bits per heavy atom. The third-order valence-electron chi connectivity index (χ3n) is 2.81. The molecule has 0 aliphatic rings. The number of rotatable bonds is 4. The van der Waals surface area contributed by atoms with Crippen LogP contribution in [0, 0.1) is 0 Å². The standard InChI is InChI=1S/C14H11N3O3S/c15-13-8-3-1-2-4-9(8)16-11(17-13)7-21-12-6-5-10(20-12)14(18)19/h1-6H,7H2,(H,18,19)(H2,15,16,17). The molecule has 2 heterocycles. The molecule has 0 unspecified atom stereocenters. The van der Waals surface area contributed by atoms with Crippen LogP contribution in [-0.4, -0.2) is 21.0 Å². The van der Waals surface area contributed by atoms with Crippen LogP contribution in [-0.2, 0) is 5.75 Å². The summed E-state index contributed by atoms with van der Waals surface area (Å²) >= 11 is 1.32. The van der Waals surface area contributed by atoms with Crippen molar-refractivity contribution in [2.45, 2.75) is 10.8 Å². The van der Waals surface area contributed by atoms with Gasteiger partial charge in [-0.1, -0.05) is 23.9 Å². The fourth-order valence-corrected chi connectivity index (χ4v) is 2.58. The number of hydrogen-bond acceptors (Lipinski definition) is 6. The van der Waals surface area contributed by atoms with Crippen molar-refractivity contribution in [3.63, 3.8) is 0 Å². The maximum atomic E-state index is 10.7. The smallest absolute Gasteiger partial charge is 0.371 e. The number of para-hydroxylation sites is 1. The number of benzene rings is 1. The third kappa shape index (κ3) is 2.82. The highest BCUT2D eigenvalue weighted by Crippen LogP contribution is 2.25. The number of aromatic carboxylic acids is 1. The van der Waals surface area contributed by atoms with Crippen LogP contribution < -0.4 is 5.73 Å². The molecule has 2 aromatic heterocycles. The molecule has 0 spiro atoms. The van der Waals surface area contributed by atoms with Gasteiger partial charge in [-0.25, -0.2) is 14.8 Å². The lowest BCUT2D eigenvalue weighted by molar-refractivity contribution is 0.0656. The van der Waals surface area contributed by atoms with Gasteiger partial charge in [0.25, 0.3) is 0 Å². The van der Waals surface area contributed by atoms with Crippen molar-refractivity contribution in [2.75, 3.05) is 5.73 Å².